The standard InChI is InChI=1S/C61H70O12/c1-63-60-58(70-42-49-31-17-7-18-32-49)56(68-40-47-27-13-5-14-28-47)54(67-39-46-25-11-4-12-26-46)52(72-60)37-51(62)35-21-22-36-66-55-53(44-65-38-45-23-9-3-10-24-45)73-61(64-2)59(71-43-50-33-19-8-20-34-50)57(55)69-41-48-29-15-6-16-30-48/h3-34,51-62H,35-44H2,1-2H3/b22-21+/t51-,52-,53-,54-,55-,56+,57+,58-,59-,60+,61+/m1/s1. The first kappa shape index (κ1) is 53.9. The topological polar surface area (TPSA) is 122 Å². The maximum Gasteiger partial charge on any atom is 0.186 e. The van der Waals surface area contributed by atoms with Crippen LogP contribution in [0.15, 0.2) is 194 Å². The van der Waals surface area contributed by atoms with Crippen molar-refractivity contribution in [3.8, 4) is 0 Å². The van der Waals surface area contributed by atoms with Crippen LogP contribution in [0.25, 0.3) is 0 Å². The molecule has 8 rings (SSSR count). The molecule has 6 aromatic carbocycles. The van der Waals surface area contributed by atoms with Gasteiger partial charge in [-0.15, -0.1) is 0 Å². The van der Waals surface area contributed by atoms with E-state index in [4.69, 9.17) is 52.1 Å². The Morgan fingerprint density at radius 1 is 0.397 bits per heavy atom. The molecule has 0 unspecified atom stereocenters. The highest BCUT2D eigenvalue weighted by Gasteiger charge is 2.50. The number of aliphatic hydroxyl groups excluding tert-OH is 1. The first-order valence-electron chi connectivity index (χ1n) is 25.2. The van der Waals surface area contributed by atoms with Crippen LogP contribution in [0.3, 0.4) is 0 Å². The van der Waals surface area contributed by atoms with Gasteiger partial charge in [0.25, 0.3) is 0 Å². The van der Waals surface area contributed by atoms with Gasteiger partial charge in [-0.2, -0.15) is 0 Å². The van der Waals surface area contributed by atoms with E-state index in [2.05, 4.69) is 0 Å². The van der Waals surface area contributed by atoms with E-state index in [0.717, 1.165) is 33.4 Å². The highest BCUT2D eigenvalue weighted by molar-refractivity contribution is 5.18. The van der Waals surface area contributed by atoms with Gasteiger partial charge in [0.2, 0.25) is 0 Å². The van der Waals surface area contributed by atoms with Gasteiger partial charge in [-0.25, -0.2) is 0 Å². The van der Waals surface area contributed by atoms with Crippen LogP contribution in [-0.2, 0) is 91.7 Å². The molecule has 0 radical (unpaired) electrons. The van der Waals surface area contributed by atoms with Gasteiger partial charge in [-0.05, 0) is 39.8 Å². The van der Waals surface area contributed by atoms with E-state index < -0.39 is 67.5 Å². The zero-order valence-electron chi connectivity index (χ0n) is 41.8. The smallest absolute Gasteiger partial charge is 0.186 e. The zero-order valence-corrected chi connectivity index (χ0v) is 41.8. The summed E-state index contributed by atoms with van der Waals surface area (Å²) >= 11 is 0. The maximum atomic E-state index is 11.8. The number of aliphatic hydroxyl groups is 1. The highest BCUT2D eigenvalue weighted by Crippen LogP contribution is 2.34. The zero-order chi connectivity index (χ0) is 50.3. The number of ether oxygens (including phenoxy) is 11. The molecule has 12 heteroatoms. The van der Waals surface area contributed by atoms with E-state index in [1.54, 1.807) is 14.2 Å². The SMILES string of the molecule is CO[C@H]1O[C@H](COCc2ccccc2)[C@@H](OC/C=C/C[C@@H](O)C[C@H]2O[C@H](OC)[C@H](OCc3ccccc3)[C@@H](OCc3ccccc3)[C@@H]2OCc2ccccc2)[C@H](OCc2ccccc2)[C@H]1OCc1ccccc1. The average molecular weight is 995 g/mol. The second-order valence-corrected chi connectivity index (χ2v) is 18.3. The Morgan fingerprint density at radius 3 is 1.11 bits per heavy atom. The summed E-state index contributed by atoms with van der Waals surface area (Å²) in [5.41, 5.74) is 6.05. The van der Waals surface area contributed by atoms with Crippen molar-refractivity contribution in [1.29, 1.82) is 0 Å². The van der Waals surface area contributed by atoms with Crippen LogP contribution in [0.1, 0.15) is 46.2 Å². The molecular formula is C61H70O12. The number of hydrogen-bond acceptors (Lipinski definition) is 12. The van der Waals surface area contributed by atoms with Crippen LogP contribution in [0.2, 0.25) is 0 Å². The van der Waals surface area contributed by atoms with Crippen molar-refractivity contribution in [2.24, 2.45) is 0 Å². The largest absolute Gasteiger partial charge is 0.393 e. The Balaban J connectivity index is 0.979. The fourth-order valence-corrected chi connectivity index (χ4v) is 9.15. The molecule has 2 fully saturated rings. The van der Waals surface area contributed by atoms with E-state index in [0.29, 0.717) is 46.1 Å². The van der Waals surface area contributed by atoms with Gasteiger partial charge in [0, 0.05) is 20.6 Å². The first-order valence-corrected chi connectivity index (χ1v) is 25.2. The molecule has 2 heterocycles. The van der Waals surface area contributed by atoms with Crippen molar-refractivity contribution in [3.05, 3.63) is 228 Å². The summed E-state index contributed by atoms with van der Waals surface area (Å²) in [6.45, 7) is 2.35. The van der Waals surface area contributed by atoms with Crippen molar-refractivity contribution >= 4 is 0 Å². The molecule has 73 heavy (non-hydrogen) atoms. The minimum Gasteiger partial charge on any atom is -0.393 e. The van der Waals surface area contributed by atoms with E-state index in [9.17, 15) is 5.11 Å². The molecule has 12 nitrogen and oxygen atoms in total. The number of hydrogen-bond donors (Lipinski definition) is 1. The van der Waals surface area contributed by atoms with Crippen LogP contribution >= 0.6 is 0 Å². The summed E-state index contributed by atoms with van der Waals surface area (Å²) in [5, 5.41) is 11.8. The molecular weight excluding hydrogens is 925 g/mol. The Morgan fingerprint density at radius 2 is 0.726 bits per heavy atom. The molecule has 2 aliphatic heterocycles. The summed E-state index contributed by atoms with van der Waals surface area (Å²) in [5.74, 6) is 0. The third-order valence-electron chi connectivity index (χ3n) is 12.9. The monoisotopic (exact) mass is 994 g/mol. The lowest BCUT2D eigenvalue weighted by Gasteiger charge is -2.46. The molecule has 0 spiro atoms. The van der Waals surface area contributed by atoms with Crippen molar-refractivity contribution in [2.75, 3.05) is 27.4 Å². The van der Waals surface area contributed by atoms with Crippen molar-refractivity contribution in [1.82, 2.24) is 0 Å². The molecule has 386 valence electrons. The van der Waals surface area contributed by atoms with E-state index in [-0.39, 0.29) is 19.6 Å². The van der Waals surface area contributed by atoms with Crippen LogP contribution in [0.4, 0.5) is 0 Å². The summed E-state index contributed by atoms with van der Waals surface area (Å²) in [4.78, 5) is 0. The van der Waals surface area contributed by atoms with Gasteiger partial charge in [0.1, 0.15) is 42.7 Å². The van der Waals surface area contributed by atoms with Crippen LogP contribution < -0.4 is 0 Å². The Bertz CT molecular complexity index is 2420. The number of benzene rings is 6. The minimum absolute atomic E-state index is 0.189. The maximum absolute atomic E-state index is 11.8. The molecule has 2 aliphatic rings. The third-order valence-corrected chi connectivity index (χ3v) is 12.9. The lowest BCUT2D eigenvalue weighted by Crippen LogP contribution is -2.61. The Kier molecular flexibility index (Phi) is 21.7. The van der Waals surface area contributed by atoms with Crippen LogP contribution in [0.5, 0.6) is 0 Å². The summed E-state index contributed by atoms with van der Waals surface area (Å²) < 4.78 is 71.9. The third kappa shape index (κ3) is 16.5. The van der Waals surface area contributed by atoms with Gasteiger partial charge in [-0.1, -0.05) is 194 Å². The number of rotatable bonds is 28. The van der Waals surface area contributed by atoms with Crippen molar-refractivity contribution in [3.63, 3.8) is 0 Å². The fraction of sp³-hybridized carbons (Fsp3) is 0.377. The molecule has 0 amide bonds. The molecule has 0 bridgehead atoms. The van der Waals surface area contributed by atoms with Crippen LogP contribution in [0, 0.1) is 0 Å². The van der Waals surface area contributed by atoms with Crippen LogP contribution in [-0.4, -0.2) is 100 Å². The lowest BCUT2D eigenvalue weighted by molar-refractivity contribution is -0.320. The highest BCUT2D eigenvalue weighted by atomic mass is 16.7. The molecule has 11 atom stereocenters. The Labute approximate surface area is 430 Å². The fourth-order valence-electron chi connectivity index (χ4n) is 9.15. The van der Waals surface area contributed by atoms with E-state index in [1.165, 1.54) is 0 Å². The predicted octanol–water partition coefficient (Wildman–Crippen LogP) is 9.96. The lowest BCUT2D eigenvalue weighted by atomic mass is 9.93. The Hall–Kier alpha value is -5.42. The van der Waals surface area contributed by atoms with E-state index >= 15 is 0 Å². The molecule has 0 aromatic heterocycles. The summed E-state index contributed by atoms with van der Waals surface area (Å²) in [6.07, 6.45) is -3.03. The van der Waals surface area contributed by atoms with Gasteiger partial charge in [-0.3, -0.25) is 0 Å². The molecule has 1 N–H and O–H groups in total. The number of methoxy groups -OCH3 is 2. The molecule has 2 saturated heterocycles. The van der Waals surface area contributed by atoms with E-state index in [1.807, 2.05) is 194 Å². The van der Waals surface area contributed by atoms with Gasteiger partial charge < -0.3 is 57.2 Å². The summed E-state index contributed by atoms with van der Waals surface area (Å²) in [7, 11) is 3.21. The molecule has 0 aliphatic carbocycles. The molecule has 0 saturated carbocycles. The predicted molar refractivity (Wildman–Crippen MR) is 277 cm³/mol. The minimum atomic E-state index is -0.824. The van der Waals surface area contributed by atoms with Gasteiger partial charge >= 0.3 is 0 Å². The van der Waals surface area contributed by atoms with Crippen molar-refractivity contribution < 1.29 is 57.2 Å². The second kappa shape index (κ2) is 29.5. The normalized spacial score (nSPS) is 24.6. The van der Waals surface area contributed by atoms with Gasteiger partial charge in [0.15, 0.2) is 12.6 Å². The summed E-state index contributed by atoms with van der Waals surface area (Å²) in [6, 6.07) is 59.9. The quantitative estimate of drug-likeness (QED) is 0.0471. The van der Waals surface area contributed by atoms with Gasteiger partial charge in [0.05, 0.1) is 65.1 Å². The molecule has 6 aromatic rings. The van der Waals surface area contributed by atoms with Crippen molar-refractivity contribution in [2.45, 2.75) is 120 Å². The average Bonchev–Trinajstić information content (AvgIpc) is 3.44. The first-order chi connectivity index (χ1) is 36.0. The second-order valence-electron chi connectivity index (χ2n) is 18.3.